The molecule has 0 aliphatic carbocycles. The summed E-state index contributed by atoms with van der Waals surface area (Å²) in [5.74, 6) is -1.25. The van der Waals surface area contributed by atoms with E-state index in [9.17, 15) is 18.0 Å². The second kappa shape index (κ2) is 10.2. The van der Waals surface area contributed by atoms with Crippen LogP contribution in [0.1, 0.15) is 43.1 Å². The fraction of sp³-hybridized carbons (Fsp3) is 0.333. The van der Waals surface area contributed by atoms with Gasteiger partial charge in [-0.15, -0.1) is 0 Å². The Morgan fingerprint density at radius 3 is 2.38 bits per heavy atom. The maximum Gasteiger partial charge on any atom is 0.338 e. The summed E-state index contributed by atoms with van der Waals surface area (Å²) in [6.45, 7) is 5.64. The van der Waals surface area contributed by atoms with Crippen molar-refractivity contribution < 1.29 is 22.7 Å². The van der Waals surface area contributed by atoms with Crippen LogP contribution in [0.2, 0.25) is 0 Å². The number of ether oxygens (including phenoxy) is 1. The lowest BCUT2D eigenvalue weighted by atomic mass is 10.1. The predicted octanol–water partition coefficient (Wildman–Crippen LogP) is 3.12. The van der Waals surface area contributed by atoms with Crippen molar-refractivity contribution in [2.75, 3.05) is 11.9 Å². The molecule has 0 saturated heterocycles. The molecular weight excluding hydrogens is 392 g/mol. The fourth-order valence-electron chi connectivity index (χ4n) is 2.46. The summed E-state index contributed by atoms with van der Waals surface area (Å²) in [6, 6.07) is 12.9. The molecule has 0 unspecified atom stereocenters. The van der Waals surface area contributed by atoms with Gasteiger partial charge < -0.3 is 10.1 Å². The van der Waals surface area contributed by atoms with Crippen molar-refractivity contribution in [2.24, 2.45) is 0 Å². The van der Waals surface area contributed by atoms with Crippen molar-refractivity contribution in [3.05, 3.63) is 59.7 Å². The van der Waals surface area contributed by atoms with Crippen LogP contribution in [0, 0.1) is 0 Å². The third-order valence-corrected chi connectivity index (χ3v) is 5.66. The number of hydrogen-bond donors (Lipinski definition) is 2. The van der Waals surface area contributed by atoms with Gasteiger partial charge in [0.2, 0.25) is 10.0 Å². The predicted molar refractivity (Wildman–Crippen MR) is 111 cm³/mol. The van der Waals surface area contributed by atoms with Gasteiger partial charge in [-0.3, -0.25) is 4.79 Å². The first-order valence-corrected chi connectivity index (χ1v) is 11.0. The van der Waals surface area contributed by atoms with Crippen LogP contribution in [0.25, 0.3) is 0 Å². The molecule has 0 saturated carbocycles. The van der Waals surface area contributed by atoms with Crippen LogP contribution in [-0.4, -0.2) is 32.9 Å². The quantitative estimate of drug-likeness (QED) is 0.609. The Kier molecular flexibility index (Phi) is 7.92. The number of nitrogens with one attached hydrogen (secondary N) is 2. The zero-order valence-electron chi connectivity index (χ0n) is 16.8. The summed E-state index contributed by atoms with van der Waals surface area (Å²) in [5, 5.41) is 2.69. The minimum Gasteiger partial charge on any atom is -0.449 e. The van der Waals surface area contributed by atoms with E-state index >= 15 is 0 Å². The van der Waals surface area contributed by atoms with Crippen molar-refractivity contribution >= 4 is 27.6 Å². The Morgan fingerprint density at radius 1 is 1.07 bits per heavy atom. The monoisotopic (exact) mass is 418 g/mol. The summed E-state index contributed by atoms with van der Waals surface area (Å²) >= 11 is 0. The minimum absolute atomic E-state index is 0.0338. The molecule has 2 N–H and O–H groups in total. The van der Waals surface area contributed by atoms with Crippen LogP contribution in [0.15, 0.2) is 53.4 Å². The molecule has 0 bridgehead atoms. The first-order chi connectivity index (χ1) is 13.8. The highest BCUT2D eigenvalue weighted by molar-refractivity contribution is 7.89. The summed E-state index contributed by atoms with van der Waals surface area (Å²) in [7, 11) is -3.71. The van der Waals surface area contributed by atoms with E-state index in [1.165, 1.54) is 31.2 Å². The van der Waals surface area contributed by atoms with Gasteiger partial charge in [-0.25, -0.2) is 17.9 Å². The number of esters is 1. The maximum absolute atomic E-state index is 12.4. The van der Waals surface area contributed by atoms with Gasteiger partial charge >= 0.3 is 5.97 Å². The molecule has 29 heavy (non-hydrogen) atoms. The van der Waals surface area contributed by atoms with E-state index < -0.39 is 28.0 Å². The zero-order valence-corrected chi connectivity index (χ0v) is 17.6. The van der Waals surface area contributed by atoms with E-state index in [1.807, 2.05) is 26.0 Å². The Balaban J connectivity index is 2.03. The SMILES string of the molecule is CCCNS(=O)(=O)c1cccc(C(=O)O[C@H](C)C(=O)Nc2ccc(CC)cc2)c1. The summed E-state index contributed by atoms with van der Waals surface area (Å²) < 4.78 is 32.1. The van der Waals surface area contributed by atoms with E-state index in [1.54, 1.807) is 12.1 Å². The molecule has 2 aromatic rings. The molecule has 0 heterocycles. The smallest absolute Gasteiger partial charge is 0.338 e. The highest BCUT2D eigenvalue weighted by atomic mass is 32.2. The molecule has 0 aliphatic heterocycles. The molecule has 2 aromatic carbocycles. The zero-order chi connectivity index (χ0) is 21.4. The van der Waals surface area contributed by atoms with Crippen molar-refractivity contribution in [3.8, 4) is 0 Å². The van der Waals surface area contributed by atoms with E-state index in [0.717, 1.165) is 12.0 Å². The topological polar surface area (TPSA) is 102 Å². The van der Waals surface area contributed by atoms with E-state index in [0.29, 0.717) is 18.7 Å². The van der Waals surface area contributed by atoms with E-state index in [2.05, 4.69) is 10.0 Å². The number of aryl methyl sites for hydroxylation is 1. The van der Waals surface area contributed by atoms with Gasteiger partial charge in [0.25, 0.3) is 5.91 Å². The highest BCUT2D eigenvalue weighted by Gasteiger charge is 2.21. The molecule has 156 valence electrons. The molecule has 0 aliphatic rings. The first kappa shape index (κ1) is 22.6. The fourth-order valence-corrected chi connectivity index (χ4v) is 3.64. The number of hydrogen-bond acceptors (Lipinski definition) is 5. The van der Waals surface area contributed by atoms with Gasteiger partial charge in [0, 0.05) is 12.2 Å². The second-order valence-electron chi connectivity index (χ2n) is 6.51. The van der Waals surface area contributed by atoms with E-state index in [4.69, 9.17) is 4.74 Å². The van der Waals surface area contributed by atoms with Gasteiger partial charge in [-0.2, -0.15) is 0 Å². The summed E-state index contributed by atoms with van der Waals surface area (Å²) in [4.78, 5) is 24.6. The molecule has 2 rings (SSSR count). The van der Waals surface area contributed by atoms with Gasteiger partial charge in [0.05, 0.1) is 10.5 Å². The number of anilines is 1. The lowest BCUT2D eigenvalue weighted by Crippen LogP contribution is -2.30. The van der Waals surface area contributed by atoms with Gasteiger partial charge in [0.1, 0.15) is 0 Å². The Labute approximate surface area is 171 Å². The van der Waals surface area contributed by atoms with Crippen molar-refractivity contribution in [3.63, 3.8) is 0 Å². The summed E-state index contributed by atoms with van der Waals surface area (Å²) in [6.07, 6.45) is 0.492. The van der Waals surface area contributed by atoms with Crippen molar-refractivity contribution in [1.82, 2.24) is 4.72 Å². The normalized spacial score (nSPS) is 12.2. The average Bonchev–Trinajstić information content (AvgIpc) is 2.72. The van der Waals surface area contributed by atoms with Crippen LogP contribution in [0.4, 0.5) is 5.69 Å². The number of rotatable bonds is 9. The van der Waals surface area contributed by atoms with Crippen LogP contribution in [-0.2, 0) is 26.0 Å². The van der Waals surface area contributed by atoms with Gasteiger partial charge in [-0.05, 0) is 55.7 Å². The molecule has 0 radical (unpaired) electrons. The van der Waals surface area contributed by atoms with Gasteiger partial charge in [0.15, 0.2) is 6.10 Å². The van der Waals surface area contributed by atoms with Gasteiger partial charge in [-0.1, -0.05) is 32.0 Å². The van der Waals surface area contributed by atoms with Crippen LogP contribution in [0.5, 0.6) is 0 Å². The molecule has 7 nitrogen and oxygen atoms in total. The number of amides is 1. The molecule has 0 fully saturated rings. The molecule has 0 spiro atoms. The third-order valence-electron chi connectivity index (χ3n) is 4.20. The van der Waals surface area contributed by atoms with Crippen molar-refractivity contribution in [1.29, 1.82) is 0 Å². The number of benzene rings is 2. The van der Waals surface area contributed by atoms with Crippen molar-refractivity contribution in [2.45, 2.75) is 44.6 Å². The molecule has 1 amide bonds. The Bertz CT molecular complexity index is 955. The Hall–Kier alpha value is -2.71. The number of carbonyl (C=O) groups excluding carboxylic acids is 2. The lowest BCUT2D eigenvalue weighted by molar-refractivity contribution is -0.123. The molecule has 8 heteroatoms. The molecule has 0 aromatic heterocycles. The maximum atomic E-state index is 12.4. The largest absolute Gasteiger partial charge is 0.449 e. The minimum atomic E-state index is -3.71. The number of carbonyl (C=O) groups is 2. The average molecular weight is 419 g/mol. The van der Waals surface area contributed by atoms with Crippen LogP contribution < -0.4 is 10.0 Å². The summed E-state index contributed by atoms with van der Waals surface area (Å²) in [5.41, 5.74) is 1.80. The highest BCUT2D eigenvalue weighted by Crippen LogP contribution is 2.14. The number of sulfonamides is 1. The lowest BCUT2D eigenvalue weighted by Gasteiger charge is -2.14. The second-order valence-corrected chi connectivity index (χ2v) is 8.28. The standard InChI is InChI=1S/C21H26N2O5S/c1-4-13-22-29(26,27)19-8-6-7-17(14-19)21(25)28-15(3)20(24)23-18-11-9-16(5-2)10-12-18/h6-12,14-15,22H,4-5,13H2,1-3H3,(H,23,24)/t15-/m1/s1. The first-order valence-electron chi connectivity index (χ1n) is 9.47. The Morgan fingerprint density at radius 2 is 1.76 bits per heavy atom. The third kappa shape index (κ3) is 6.40. The van der Waals surface area contributed by atoms with E-state index in [-0.39, 0.29) is 10.5 Å². The molecular formula is C21H26N2O5S. The van der Waals surface area contributed by atoms with Crippen LogP contribution in [0.3, 0.4) is 0 Å². The van der Waals surface area contributed by atoms with Crippen LogP contribution >= 0.6 is 0 Å². The molecule has 1 atom stereocenters.